The quantitative estimate of drug-likeness (QED) is 0.618. The summed E-state index contributed by atoms with van der Waals surface area (Å²) in [5.41, 5.74) is 3.55. The maximum atomic E-state index is 13.2. The smallest absolute Gasteiger partial charge is 0.254 e. The highest BCUT2D eigenvalue weighted by Gasteiger charge is 2.37. The largest absolute Gasteiger partial charge is 0.399 e. The fourth-order valence-corrected chi connectivity index (χ4v) is 3.49. The van der Waals surface area contributed by atoms with E-state index in [1.807, 2.05) is 61.5 Å². The summed E-state index contributed by atoms with van der Waals surface area (Å²) in [5, 5.41) is 8.11. The number of hydrogen-bond donors (Lipinski definition) is 0. The molecule has 0 spiro atoms. The van der Waals surface area contributed by atoms with Gasteiger partial charge < -0.3 is 14.3 Å². The van der Waals surface area contributed by atoms with Crippen molar-refractivity contribution >= 4 is 11.6 Å². The average Bonchev–Trinajstić information content (AvgIpc) is 3.41. The molecule has 0 saturated carbocycles. The van der Waals surface area contributed by atoms with E-state index in [0.717, 1.165) is 16.8 Å². The molecule has 1 aliphatic heterocycles. The summed E-state index contributed by atoms with van der Waals surface area (Å²) in [4.78, 5) is 24.3. The normalized spacial score (nSPS) is 17.7. The molecule has 29 heavy (non-hydrogen) atoms. The number of carbonyl (C=O) groups excluding carboxylic acids is 1. The molecule has 0 unspecified atom stereocenters. The molecule has 7 nitrogen and oxygen atoms in total. The van der Waals surface area contributed by atoms with Crippen molar-refractivity contribution in [3.8, 4) is 11.1 Å². The van der Waals surface area contributed by atoms with Crippen molar-refractivity contribution in [3.05, 3.63) is 71.9 Å². The molecular formula is C22H22N4O3. The molecule has 1 aromatic heterocycles. The fourth-order valence-electron chi connectivity index (χ4n) is 3.49. The number of hydrogen-bond acceptors (Lipinski definition) is 6. The van der Waals surface area contributed by atoms with Crippen LogP contribution in [0.5, 0.6) is 0 Å². The topological polar surface area (TPSA) is 80.8 Å². The summed E-state index contributed by atoms with van der Waals surface area (Å²) < 4.78 is 5.25. The van der Waals surface area contributed by atoms with Gasteiger partial charge in [0.25, 0.3) is 5.91 Å². The molecule has 0 aliphatic carbocycles. The van der Waals surface area contributed by atoms with Crippen LogP contribution in [0.3, 0.4) is 0 Å². The van der Waals surface area contributed by atoms with Crippen LogP contribution in [0.15, 0.2) is 64.3 Å². The van der Waals surface area contributed by atoms with Gasteiger partial charge in [-0.2, -0.15) is 4.98 Å². The zero-order valence-electron chi connectivity index (χ0n) is 16.4. The lowest BCUT2D eigenvalue weighted by Gasteiger charge is -2.21. The Kier molecular flexibility index (Phi) is 5.37. The Hall–Kier alpha value is -3.48. The third-order valence-corrected chi connectivity index (χ3v) is 4.96. The van der Waals surface area contributed by atoms with E-state index in [9.17, 15) is 4.79 Å². The van der Waals surface area contributed by atoms with E-state index in [2.05, 4.69) is 15.3 Å². The molecule has 1 fully saturated rings. The number of likely N-dealkylation sites (tertiary alicyclic amines) is 1. The lowest BCUT2D eigenvalue weighted by molar-refractivity contribution is 0.0732. The number of aromatic nitrogens is 2. The van der Waals surface area contributed by atoms with Gasteiger partial charge in [-0.25, -0.2) is 0 Å². The van der Waals surface area contributed by atoms with E-state index >= 15 is 0 Å². The van der Waals surface area contributed by atoms with E-state index in [1.54, 1.807) is 4.90 Å². The highest BCUT2D eigenvalue weighted by atomic mass is 16.6. The summed E-state index contributed by atoms with van der Waals surface area (Å²) >= 11 is 0. The Morgan fingerprint density at radius 1 is 1.17 bits per heavy atom. The molecule has 3 aromatic rings. The summed E-state index contributed by atoms with van der Waals surface area (Å²) in [6.45, 7) is 2.31. The molecule has 148 valence electrons. The van der Waals surface area contributed by atoms with Crippen LogP contribution in [-0.2, 0) is 11.3 Å². The van der Waals surface area contributed by atoms with Gasteiger partial charge in [0.1, 0.15) is 13.2 Å². The highest BCUT2D eigenvalue weighted by Crippen LogP contribution is 2.31. The molecular weight excluding hydrogens is 368 g/mol. The van der Waals surface area contributed by atoms with Crippen molar-refractivity contribution in [2.24, 2.45) is 5.16 Å². The number of aryl methyl sites for hydroxylation is 1. The maximum Gasteiger partial charge on any atom is 0.254 e. The van der Waals surface area contributed by atoms with Crippen molar-refractivity contribution in [1.82, 2.24) is 15.0 Å². The monoisotopic (exact) mass is 390 g/mol. The van der Waals surface area contributed by atoms with E-state index in [4.69, 9.17) is 9.36 Å². The molecule has 1 aliphatic rings. The van der Waals surface area contributed by atoms with Crippen LogP contribution in [-0.4, -0.2) is 40.3 Å². The first kappa shape index (κ1) is 18.9. The zero-order chi connectivity index (χ0) is 20.2. The maximum absolute atomic E-state index is 13.2. The summed E-state index contributed by atoms with van der Waals surface area (Å²) in [5.74, 6) is 0.952. The van der Waals surface area contributed by atoms with E-state index in [-0.39, 0.29) is 11.9 Å². The molecule has 0 radical (unpaired) electrons. The molecule has 1 atom stereocenters. The lowest BCUT2D eigenvalue weighted by Crippen LogP contribution is -2.31. The minimum absolute atomic E-state index is 0.0984. The Morgan fingerprint density at radius 3 is 2.55 bits per heavy atom. The second-order valence-electron chi connectivity index (χ2n) is 6.84. The summed E-state index contributed by atoms with van der Waals surface area (Å²) in [7, 11) is 1.50. The molecule has 0 N–H and O–H groups in total. The fraction of sp³-hybridized carbons (Fsp3) is 0.273. The van der Waals surface area contributed by atoms with Crippen molar-refractivity contribution in [1.29, 1.82) is 0 Å². The van der Waals surface area contributed by atoms with Gasteiger partial charge in [-0.3, -0.25) is 4.79 Å². The molecule has 2 heterocycles. The summed E-state index contributed by atoms with van der Waals surface area (Å²) in [6, 6.07) is 17.4. The number of carbonyl (C=O) groups is 1. The van der Waals surface area contributed by atoms with E-state index in [1.165, 1.54) is 7.11 Å². The Balaban J connectivity index is 1.60. The second-order valence-corrected chi connectivity index (χ2v) is 6.84. The Bertz CT molecular complexity index is 1010. The predicted molar refractivity (Wildman–Crippen MR) is 108 cm³/mol. The van der Waals surface area contributed by atoms with Crippen molar-refractivity contribution in [2.45, 2.75) is 25.8 Å². The van der Waals surface area contributed by atoms with Gasteiger partial charge in [-0.05, 0) is 23.3 Å². The van der Waals surface area contributed by atoms with Crippen molar-refractivity contribution < 1.29 is 14.2 Å². The van der Waals surface area contributed by atoms with Crippen LogP contribution in [0.4, 0.5) is 0 Å². The predicted octanol–water partition coefficient (Wildman–Crippen LogP) is 3.89. The van der Waals surface area contributed by atoms with Crippen LogP contribution >= 0.6 is 0 Å². The van der Waals surface area contributed by atoms with Crippen LogP contribution in [0.2, 0.25) is 0 Å². The van der Waals surface area contributed by atoms with E-state index in [0.29, 0.717) is 36.7 Å². The number of oxime groups is 1. The van der Waals surface area contributed by atoms with Crippen LogP contribution in [0.25, 0.3) is 11.1 Å². The number of amides is 1. The molecule has 0 bridgehead atoms. The third kappa shape index (κ3) is 3.89. The molecule has 1 amide bonds. The zero-order valence-corrected chi connectivity index (χ0v) is 16.4. The van der Waals surface area contributed by atoms with Gasteiger partial charge in [0.05, 0.1) is 12.3 Å². The minimum atomic E-state index is -0.325. The second kappa shape index (κ2) is 8.26. The van der Waals surface area contributed by atoms with Crippen LogP contribution in [0.1, 0.15) is 41.5 Å². The first-order valence-electron chi connectivity index (χ1n) is 9.57. The standard InChI is InChI=1S/C22H22N4O3/c1-3-20-23-21(25-29-20)19-13-18(24-28-2)14-26(19)22(27)17-11-9-16(10-12-17)15-7-5-4-6-8-15/h4-12,19H,3,13-14H2,1-2H3/b24-18-/t19-/m0/s1. The van der Waals surface area contributed by atoms with Crippen molar-refractivity contribution in [3.63, 3.8) is 0 Å². The summed E-state index contributed by atoms with van der Waals surface area (Å²) in [6.07, 6.45) is 1.16. The van der Waals surface area contributed by atoms with Gasteiger partial charge >= 0.3 is 0 Å². The number of benzene rings is 2. The Morgan fingerprint density at radius 2 is 1.90 bits per heavy atom. The van der Waals surface area contributed by atoms with Crippen LogP contribution < -0.4 is 0 Å². The SMILES string of the molecule is CCc1nc([C@@H]2C/C(=N/OC)CN2C(=O)c2ccc(-c3ccccc3)cc2)no1. The van der Waals surface area contributed by atoms with Gasteiger partial charge in [-0.1, -0.05) is 59.7 Å². The molecule has 1 saturated heterocycles. The van der Waals surface area contributed by atoms with Gasteiger partial charge in [0.15, 0.2) is 5.82 Å². The third-order valence-electron chi connectivity index (χ3n) is 4.96. The van der Waals surface area contributed by atoms with Gasteiger partial charge in [0.2, 0.25) is 5.89 Å². The van der Waals surface area contributed by atoms with Crippen LogP contribution in [0, 0.1) is 0 Å². The first-order valence-corrected chi connectivity index (χ1v) is 9.57. The van der Waals surface area contributed by atoms with E-state index < -0.39 is 0 Å². The first-order chi connectivity index (χ1) is 14.2. The number of nitrogens with zero attached hydrogens (tertiary/aromatic N) is 4. The lowest BCUT2D eigenvalue weighted by atomic mass is 10.0. The molecule has 2 aromatic carbocycles. The van der Waals surface area contributed by atoms with Crippen molar-refractivity contribution in [2.75, 3.05) is 13.7 Å². The van der Waals surface area contributed by atoms with Gasteiger partial charge in [0, 0.05) is 18.4 Å². The average molecular weight is 390 g/mol. The molecule has 4 rings (SSSR count). The molecule has 7 heteroatoms. The Labute approximate surface area is 169 Å². The number of rotatable bonds is 5. The highest BCUT2D eigenvalue weighted by molar-refractivity contribution is 6.00. The van der Waals surface area contributed by atoms with Gasteiger partial charge in [-0.15, -0.1) is 0 Å². The minimum Gasteiger partial charge on any atom is -0.399 e.